The number of methoxy groups -OCH3 is 1. The number of hydrogen-bond donors (Lipinski definition) is 2. The van der Waals surface area contributed by atoms with Crippen LogP contribution in [0.5, 0.6) is 0 Å². The second kappa shape index (κ2) is 4.84. The predicted molar refractivity (Wildman–Crippen MR) is 63.3 cm³/mol. The largest absolute Gasteiger partial charge is 0.385 e. The number of benzene rings is 1. The summed E-state index contributed by atoms with van der Waals surface area (Å²) >= 11 is 0. The van der Waals surface area contributed by atoms with Crippen molar-refractivity contribution in [3.8, 4) is 0 Å². The first-order valence-corrected chi connectivity index (χ1v) is 5.20. The fraction of sp³-hybridized carbons (Fsp3) is 0.333. The molecule has 80 valence electrons. The van der Waals surface area contributed by atoms with Crippen LogP contribution in [0.25, 0.3) is 10.9 Å². The lowest BCUT2D eigenvalue weighted by Gasteiger charge is -2.05. The van der Waals surface area contributed by atoms with Gasteiger partial charge in [-0.25, -0.2) is 0 Å². The monoisotopic (exact) mass is 204 g/mol. The van der Waals surface area contributed by atoms with Crippen molar-refractivity contribution < 1.29 is 4.74 Å². The van der Waals surface area contributed by atoms with Crippen LogP contribution >= 0.6 is 0 Å². The van der Waals surface area contributed by atoms with Crippen molar-refractivity contribution in [2.45, 2.75) is 6.42 Å². The van der Waals surface area contributed by atoms with Crippen molar-refractivity contribution in [3.63, 3.8) is 0 Å². The molecule has 1 aromatic heterocycles. The number of aromatic nitrogens is 1. The van der Waals surface area contributed by atoms with Crippen molar-refractivity contribution in [2.24, 2.45) is 0 Å². The molecule has 3 nitrogen and oxygen atoms in total. The standard InChI is InChI=1S/C12H16N2O/c1-15-8-2-6-13-11-3-4-12-10(9-11)5-7-14-12/h3-5,7,9,13-14H,2,6,8H2,1H3. The molecule has 0 aliphatic heterocycles. The third-order valence-corrected chi connectivity index (χ3v) is 2.41. The van der Waals surface area contributed by atoms with E-state index in [1.807, 2.05) is 6.20 Å². The minimum absolute atomic E-state index is 0.805. The lowest BCUT2D eigenvalue weighted by atomic mass is 10.2. The molecule has 0 spiro atoms. The van der Waals surface area contributed by atoms with Crippen molar-refractivity contribution in [1.82, 2.24) is 4.98 Å². The zero-order valence-corrected chi connectivity index (χ0v) is 8.92. The van der Waals surface area contributed by atoms with Gasteiger partial charge in [-0.2, -0.15) is 0 Å². The molecule has 2 N–H and O–H groups in total. The van der Waals surface area contributed by atoms with Crippen molar-refractivity contribution >= 4 is 16.6 Å². The highest BCUT2D eigenvalue weighted by atomic mass is 16.5. The third-order valence-electron chi connectivity index (χ3n) is 2.41. The third kappa shape index (κ3) is 2.50. The van der Waals surface area contributed by atoms with E-state index in [1.54, 1.807) is 7.11 Å². The second-order valence-corrected chi connectivity index (χ2v) is 3.55. The normalized spacial score (nSPS) is 10.7. The average Bonchev–Trinajstić information content (AvgIpc) is 2.71. The Hall–Kier alpha value is -1.48. The summed E-state index contributed by atoms with van der Waals surface area (Å²) < 4.78 is 4.99. The first-order chi connectivity index (χ1) is 7.40. The van der Waals surface area contributed by atoms with E-state index in [0.717, 1.165) is 19.6 Å². The van der Waals surface area contributed by atoms with Crippen LogP contribution in [0.2, 0.25) is 0 Å². The Bertz CT molecular complexity index is 422. The zero-order valence-electron chi connectivity index (χ0n) is 8.92. The highest BCUT2D eigenvalue weighted by molar-refractivity contribution is 5.82. The van der Waals surface area contributed by atoms with E-state index in [9.17, 15) is 0 Å². The van der Waals surface area contributed by atoms with E-state index in [1.165, 1.54) is 16.6 Å². The Balaban J connectivity index is 1.96. The summed E-state index contributed by atoms with van der Waals surface area (Å²) in [6, 6.07) is 8.41. The second-order valence-electron chi connectivity index (χ2n) is 3.55. The number of fused-ring (bicyclic) bond motifs is 1. The van der Waals surface area contributed by atoms with Gasteiger partial charge < -0.3 is 15.0 Å². The maximum absolute atomic E-state index is 4.99. The van der Waals surface area contributed by atoms with Crippen molar-refractivity contribution in [2.75, 3.05) is 25.6 Å². The molecule has 0 bridgehead atoms. The zero-order chi connectivity index (χ0) is 10.5. The Morgan fingerprint density at radius 3 is 3.13 bits per heavy atom. The van der Waals surface area contributed by atoms with E-state index < -0.39 is 0 Å². The van der Waals surface area contributed by atoms with Crippen LogP contribution in [0.3, 0.4) is 0 Å². The maximum atomic E-state index is 4.99. The summed E-state index contributed by atoms with van der Waals surface area (Å²) in [7, 11) is 1.73. The minimum atomic E-state index is 0.805. The molecule has 3 heteroatoms. The first kappa shape index (κ1) is 10.1. The van der Waals surface area contributed by atoms with Crippen molar-refractivity contribution in [3.05, 3.63) is 30.5 Å². The molecule has 0 aliphatic rings. The summed E-state index contributed by atoms with van der Waals surface area (Å²) in [5.41, 5.74) is 2.34. The number of aromatic amines is 1. The molecule has 0 atom stereocenters. The van der Waals surface area contributed by atoms with E-state index in [-0.39, 0.29) is 0 Å². The Morgan fingerprint density at radius 1 is 1.33 bits per heavy atom. The summed E-state index contributed by atoms with van der Waals surface area (Å²) in [4.78, 5) is 3.18. The lowest BCUT2D eigenvalue weighted by molar-refractivity contribution is 0.198. The smallest absolute Gasteiger partial charge is 0.0479 e. The summed E-state index contributed by atoms with van der Waals surface area (Å²) in [6.45, 7) is 1.75. The average molecular weight is 204 g/mol. The van der Waals surface area contributed by atoms with Gasteiger partial charge in [0.2, 0.25) is 0 Å². The SMILES string of the molecule is COCCCNc1ccc2[nH]ccc2c1. The van der Waals surface area contributed by atoms with Gasteiger partial charge in [0, 0.05) is 43.0 Å². The van der Waals surface area contributed by atoms with Gasteiger partial charge >= 0.3 is 0 Å². The van der Waals surface area contributed by atoms with E-state index in [4.69, 9.17) is 4.74 Å². The van der Waals surface area contributed by atoms with Crippen LogP contribution in [0.1, 0.15) is 6.42 Å². The summed E-state index contributed by atoms with van der Waals surface area (Å²) in [6.07, 6.45) is 2.99. The molecule has 0 aliphatic carbocycles. The Labute approximate surface area is 89.4 Å². The minimum Gasteiger partial charge on any atom is -0.385 e. The fourth-order valence-corrected chi connectivity index (χ4v) is 1.61. The molecular weight excluding hydrogens is 188 g/mol. The fourth-order valence-electron chi connectivity index (χ4n) is 1.61. The lowest BCUT2D eigenvalue weighted by Crippen LogP contribution is -2.04. The number of nitrogens with one attached hydrogen (secondary N) is 2. The molecule has 2 rings (SSSR count). The molecule has 0 saturated heterocycles. The molecule has 0 saturated carbocycles. The predicted octanol–water partition coefficient (Wildman–Crippen LogP) is 2.62. The topological polar surface area (TPSA) is 37.0 Å². The van der Waals surface area contributed by atoms with E-state index in [2.05, 4.69) is 34.6 Å². The van der Waals surface area contributed by atoms with Crippen LogP contribution in [0, 0.1) is 0 Å². The van der Waals surface area contributed by atoms with Crippen LogP contribution in [0.4, 0.5) is 5.69 Å². The summed E-state index contributed by atoms with van der Waals surface area (Å²) in [5.74, 6) is 0. The Kier molecular flexibility index (Phi) is 3.25. The number of anilines is 1. The summed E-state index contributed by atoms with van der Waals surface area (Å²) in [5, 5.41) is 4.61. The van der Waals surface area contributed by atoms with Gasteiger partial charge in [0.05, 0.1) is 0 Å². The molecule has 0 fully saturated rings. The molecule has 1 aromatic carbocycles. The molecule has 15 heavy (non-hydrogen) atoms. The highest BCUT2D eigenvalue weighted by Crippen LogP contribution is 2.17. The van der Waals surface area contributed by atoms with Crippen LogP contribution in [0.15, 0.2) is 30.5 Å². The molecular formula is C12H16N2O. The number of hydrogen-bond acceptors (Lipinski definition) is 2. The maximum Gasteiger partial charge on any atom is 0.0479 e. The number of rotatable bonds is 5. The Morgan fingerprint density at radius 2 is 2.27 bits per heavy atom. The molecule has 0 radical (unpaired) electrons. The molecule has 2 aromatic rings. The molecule has 0 unspecified atom stereocenters. The van der Waals surface area contributed by atoms with Gasteiger partial charge in [0.15, 0.2) is 0 Å². The van der Waals surface area contributed by atoms with Gasteiger partial charge in [0.25, 0.3) is 0 Å². The molecule has 0 amide bonds. The van der Waals surface area contributed by atoms with Crippen LogP contribution in [-0.4, -0.2) is 25.2 Å². The first-order valence-electron chi connectivity index (χ1n) is 5.20. The van der Waals surface area contributed by atoms with Gasteiger partial charge in [-0.3, -0.25) is 0 Å². The van der Waals surface area contributed by atoms with Gasteiger partial charge in [-0.1, -0.05) is 0 Å². The van der Waals surface area contributed by atoms with Crippen molar-refractivity contribution in [1.29, 1.82) is 0 Å². The quantitative estimate of drug-likeness (QED) is 0.734. The van der Waals surface area contributed by atoms with Crippen LogP contribution in [-0.2, 0) is 4.74 Å². The molecule has 1 heterocycles. The van der Waals surface area contributed by atoms with Gasteiger partial charge in [-0.05, 0) is 30.7 Å². The van der Waals surface area contributed by atoms with E-state index in [0.29, 0.717) is 0 Å². The van der Waals surface area contributed by atoms with E-state index >= 15 is 0 Å². The number of ether oxygens (including phenoxy) is 1. The number of H-pyrrole nitrogens is 1. The van der Waals surface area contributed by atoms with Crippen LogP contribution < -0.4 is 5.32 Å². The van der Waals surface area contributed by atoms with Gasteiger partial charge in [-0.15, -0.1) is 0 Å². The van der Waals surface area contributed by atoms with Gasteiger partial charge in [0.1, 0.15) is 0 Å². The highest BCUT2D eigenvalue weighted by Gasteiger charge is 1.96.